The van der Waals surface area contributed by atoms with Gasteiger partial charge in [0.2, 0.25) is 0 Å². The van der Waals surface area contributed by atoms with Gasteiger partial charge in [-0.25, -0.2) is 0 Å². The standard InChI is InChI=1S/C9H10INO3/c10-7-4-6(12)2-1-5(7)3-8(11)9(13)14/h1-2,4,8,12H,3,11H2,(H,13,14)/t8-/m1/s1/i10+4. The zero-order valence-corrected chi connectivity index (χ0v) is 9.43. The Morgan fingerprint density at radius 1 is 1.57 bits per heavy atom. The number of carboxylic acids is 1. The smallest absolute Gasteiger partial charge is 0.320 e. The number of carboxylic acid groups (broad SMARTS) is 1. The first-order valence-corrected chi connectivity index (χ1v) is 5.04. The highest BCUT2D eigenvalue weighted by atomic mass is 131. The Hall–Kier alpha value is -0.820. The summed E-state index contributed by atoms with van der Waals surface area (Å²) in [5, 5.41) is 17.7. The van der Waals surface area contributed by atoms with Gasteiger partial charge in [0.15, 0.2) is 0 Å². The molecule has 0 unspecified atom stereocenters. The fraction of sp³-hybridized carbons (Fsp3) is 0.222. The molecule has 76 valence electrons. The SMILES string of the molecule is N[C@H](Cc1ccc(O)cc1[131I])C(=O)O. The van der Waals surface area contributed by atoms with Crippen LogP contribution in [0.1, 0.15) is 5.56 Å². The van der Waals surface area contributed by atoms with Crippen LogP contribution in [0, 0.1) is 3.57 Å². The summed E-state index contributed by atoms with van der Waals surface area (Å²) in [5.74, 6) is -0.851. The van der Waals surface area contributed by atoms with Gasteiger partial charge in [0.25, 0.3) is 0 Å². The molecule has 0 aliphatic heterocycles. The molecule has 4 N–H and O–H groups in total. The third-order valence-corrected chi connectivity index (χ3v) is 2.80. The van der Waals surface area contributed by atoms with E-state index in [0.29, 0.717) is 0 Å². The molecule has 0 radical (unpaired) electrons. The first-order valence-electron chi connectivity index (χ1n) is 3.96. The van der Waals surface area contributed by atoms with E-state index in [1.165, 1.54) is 6.07 Å². The van der Waals surface area contributed by atoms with Crippen LogP contribution in [-0.2, 0) is 11.2 Å². The number of aromatic hydroxyl groups is 1. The first kappa shape index (κ1) is 11.3. The van der Waals surface area contributed by atoms with Crippen LogP contribution in [0.15, 0.2) is 18.2 Å². The van der Waals surface area contributed by atoms with E-state index in [1.54, 1.807) is 12.1 Å². The zero-order chi connectivity index (χ0) is 10.7. The molecule has 0 saturated carbocycles. The lowest BCUT2D eigenvalue weighted by Gasteiger charge is -2.08. The largest absolute Gasteiger partial charge is 0.508 e. The Bertz CT molecular complexity index is 354. The molecule has 0 spiro atoms. The average molecular weight is 311 g/mol. The van der Waals surface area contributed by atoms with Gasteiger partial charge in [-0.2, -0.15) is 0 Å². The van der Waals surface area contributed by atoms with Crippen LogP contribution in [0.25, 0.3) is 0 Å². The van der Waals surface area contributed by atoms with Crippen LogP contribution in [0.2, 0.25) is 0 Å². The molecule has 0 amide bonds. The molecule has 4 nitrogen and oxygen atoms in total. The summed E-state index contributed by atoms with van der Waals surface area (Å²) < 4.78 is 0.819. The molecule has 0 aromatic heterocycles. The number of carbonyl (C=O) groups is 1. The molecule has 14 heavy (non-hydrogen) atoms. The maximum absolute atomic E-state index is 10.5. The average Bonchev–Trinajstić information content (AvgIpc) is 2.09. The van der Waals surface area contributed by atoms with Gasteiger partial charge in [-0.15, -0.1) is 0 Å². The van der Waals surface area contributed by atoms with Gasteiger partial charge in [0.05, 0.1) is 0 Å². The number of phenols is 1. The van der Waals surface area contributed by atoms with Crippen molar-refractivity contribution in [3.63, 3.8) is 0 Å². The van der Waals surface area contributed by atoms with Crippen LogP contribution in [0.5, 0.6) is 5.75 Å². The number of phenolic OH excluding ortho intramolecular Hbond substituents is 1. The molecule has 0 heterocycles. The van der Waals surface area contributed by atoms with Crippen molar-refractivity contribution >= 4 is 28.6 Å². The number of nitrogens with two attached hydrogens (primary N) is 1. The van der Waals surface area contributed by atoms with E-state index in [1.807, 2.05) is 22.6 Å². The quantitative estimate of drug-likeness (QED) is 0.726. The minimum Gasteiger partial charge on any atom is -0.508 e. The second kappa shape index (κ2) is 4.61. The summed E-state index contributed by atoms with van der Waals surface area (Å²) in [6, 6.07) is 3.88. The number of rotatable bonds is 3. The summed E-state index contributed by atoms with van der Waals surface area (Å²) in [6.45, 7) is 0. The molecule has 0 aliphatic rings. The molecule has 1 atom stereocenters. The van der Waals surface area contributed by atoms with Crippen molar-refractivity contribution in [1.82, 2.24) is 0 Å². The van der Waals surface area contributed by atoms with Crippen molar-refractivity contribution in [3.8, 4) is 5.75 Å². The lowest BCUT2D eigenvalue weighted by atomic mass is 10.1. The maximum atomic E-state index is 10.5. The van der Waals surface area contributed by atoms with Gasteiger partial charge in [-0.3, -0.25) is 4.79 Å². The van der Waals surface area contributed by atoms with Gasteiger partial charge in [0, 0.05) is 3.57 Å². The molecule has 1 aromatic carbocycles. The number of halogens is 1. The third-order valence-electron chi connectivity index (χ3n) is 1.79. The fourth-order valence-electron chi connectivity index (χ4n) is 1.03. The minimum atomic E-state index is -1.02. The summed E-state index contributed by atoms with van der Waals surface area (Å²) in [6.07, 6.45) is 0.272. The molecule has 1 aromatic rings. The van der Waals surface area contributed by atoms with Crippen molar-refractivity contribution in [2.24, 2.45) is 5.73 Å². The number of hydrogen-bond acceptors (Lipinski definition) is 3. The van der Waals surface area contributed by atoms with E-state index in [-0.39, 0.29) is 12.2 Å². The van der Waals surface area contributed by atoms with E-state index >= 15 is 0 Å². The molecule has 0 fully saturated rings. The highest BCUT2D eigenvalue weighted by Crippen LogP contribution is 2.19. The van der Waals surface area contributed by atoms with Crippen LogP contribution < -0.4 is 5.73 Å². The van der Waals surface area contributed by atoms with Crippen molar-refractivity contribution in [2.45, 2.75) is 12.5 Å². The monoisotopic (exact) mass is 311 g/mol. The van der Waals surface area contributed by atoms with Gasteiger partial charge in [0.1, 0.15) is 11.8 Å². The Balaban J connectivity index is 2.82. The lowest BCUT2D eigenvalue weighted by molar-refractivity contribution is -0.138. The topological polar surface area (TPSA) is 83.5 Å². The molecule has 1 rings (SSSR count). The fourth-order valence-corrected chi connectivity index (χ4v) is 1.75. The van der Waals surface area contributed by atoms with Gasteiger partial charge < -0.3 is 15.9 Å². The molecule has 0 aliphatic carbocycles. The lowest BCUT2D eigenvalue weighted by Crippen LogP contribution is -2.32. The summed E-state index contributed by atoms with van der Waals surface area (Å²) >= 11 is 2.03. The van der Waals surface area contributed by atoms with E-state index in [4.69, 9.17) is 15.9 Å². The zero-order valence-electron chi connectivity index (χ0n) is 7.27. The molecular weight excluding hydrogens is 301 g/mol. The summed E-state index contributed by atoms with van der Waals surface area (Å²) in [7, 11) is 0. The van der Waals surface area contributed by atoms with Crippen LogP contribution >= 0.6 is 22.6 Å². The maximum Gasteiger partial charge on any atom is 0.320 e. The minimum absolute atomic E-state index is 0.169. The van der Waals surface area contributed by atoms with E-state index in [9.17, 15) is 4.79 Å². The summed E-state index contributed by atoms with van der Waals surface area (Å²) in [5.41, 5.74) is 6.22. The Labute approximate surface area is 94.9 Å². The predicted octanol–water partition coefficient (Wildman–Crippen LogP) is 0.951. The molecule has 0 saturated heterocycles. The first-order chi connectivity index (χ1) is 6.50. The Morgan fingerprint density at radius 3 is 2.71 bits per heavy atom. The van der Waals surface area contributed by atoms with Crippen molar-refractivity contribution in [2.75, 3.05) is 0 Å². The molecular formula is C9H10INO3. The third kappa shape index (κ3) is 2.85. The van der Waals surface area contributed by atoms with E-state index < -0.39 is 12.0 Å². The molecule has 0 bridgehead atoms. The van der Waals surface area contributed by atoms with Crippen molar-refractivity contribution < 1.29 is 15.0 Å². The predicted molar refractivity (Wildman–Crippen MR) is 60.1 cm³/mol. The highest BCUT2D eigenvalue weighted by Gasteiger charge is 2.13. The van der Waals surface area contributed by atoms with Crippen LogP contribution in [0.3, 0.4) is 0 Å². The van der Waals surface area contributed by atoms with Crippen LogP contribution in [-0.4, -0.2) is 22.2 Å². The van der Waals surface area contributed by atoms with Gasteiger partial charge in [-0.1, -0.05) is 6.07 Å². The molecule has 5 heteroatoms. The summed E-state index contributed by atoms with van der Waals surface area (Å²) in [4.78, 5) is 10.5. The van der Waals surface area contributed by atoms with Gasteiger partial charge in [-0.05, 0) is 46.7 Å². The second-order valence-corrected chi connectivity index (χ2v) is 4.09. The Kier molecular flexibility index (Phi) is 3.70. The van der Waals surface area contributed by atoms with E-state index in [0.717, 1.165) is 9.13 Å². The second-order valence-electron chi connectivity index (χ2n) is 2.92. The van der Waals surface area contributed by atoms with Crippen molar-refractivity contribution in [3.05, 3.63) is 27.3 Å². The Morgan fingerprint density at radius 2 is 2.21 bits per heavy atom. The number of benzene rings is 1. The normalized spacial score (nSPS) is 12.4. The van der Waals surface area contributed by atoms with E-state index in [2.05, 4.69) is 0 Å². The number of hydrogen-bond donors (Lipinski definition) is 3. The van der Waals surface area contributed by atoms with Crippen LogP contribution in [0.4, 0.5) is 0 Å². The number of aliphatic carboxylic acids is 1. The van der Waals surface area contributed by atoms with Crippen molar-refractivity contribution in [1.29, 1.82) is 0 Å². The highest BCUT2D eigenvalue weighted by molar-refractivity contribution is 14.1. The van der Waals surface area contributed by atoms with Gasteiger partial charge >= 0.3 is 5.97 Å².